The lowest BCUT2D eigenvalue weighted by molar-refractivity contribution is -0.144. The van der Waals surface area contributed by atoms with E-state index in [0.29, 0.717) is 5.16 Å². The zero-order valence-electron chi connectivity index (χ0n) is 15.7. The van der Waals surface area contributed by atoms with Crippen molar-refractivity contribution >= 4 is 29.3 Å². The smallest absolute Gasteiger partial charge is 0.316 e. The largest absolute Gasteiger partial charge is 0.455 e. The number of nitrogens with zero attached hydrogens (tertiary/aromatic N) is 2. The van der Waals surface area contributed by atoms with Crippen LogP contribution in [0.3, 0.4) is 0 Å². The van der Waals surface area contributed by atoms with E-state index in [9.17, 15) is 9.59 Å². The minimum Gasteiger partial charge on any atom is -0.455 e. The number of nitrogens with one attached hydrogen (secondary N) is 1. The first-order chi connectivity index (χ1) is 12.2. The molecular formula is C19H23N3O3S. The van der Waals surface area contributed by atoms with Crippen LogP contribution in [0.25, 0.3) is 0 Å². The van der Waals surface area contributed by atoms with Gasteiger partial charge in [0.25, 0.3) is 5.91 Å². The van der Waals surface area contributed by atoms with E-state index in [1.54, 1.807) is 0 Å². The van der Waals surface area contributed by atoms with Crippen LogP contribution in [-0.4, -0.2) is 34.2 Å². The van der Waals surface area contributed by atoms with Crippen molar-refractivity contribution in [3.8, 4) is 0 Å². The normalized spacial score (nSPS) is 10.5. The Morgan fingerprint density at radius 1 is 1.00 bits per heavy atom. The van der Waals surface area contributed by atoms with E-state index in [4.69, 9.17) is 4.74 Å². The molecule has 0 unspecified atom stereocenters. The van der Waals surface area contributed by atoms with Gasteiger partial charge >= 0.3 is 5.97 Å². The molecule has 7 heteroatoms. The van der Waals surface area contributed by atoms with Crippen LogP contribution < -0.4 is 5.32 Å². The molecular weight excluding hydrogens is 350 g/mol. The van der Waals surface area contributed by atoms with Crippen LogP contribution in [0.15, 0.2) is 23.4 Å². The molecule has 0 bridgehead atoms. The highest BCUT2D eigenvalue weighted by Gasteiger charge is 2.12. The predicted octanol–water partition coefficient (Wildman–Crippen LogP) is 3.29. The standard InChI is InChI=1S/C19H23N3O3S/c1-11-6-12(2)18(13(3)7-11)22-16(23)9-25-17(24)10-26-19-20-14(4)8-15(5)21-19/h6-8H,9-10H2,1-5H3,(H,22,23). The van der Waals surface area contributed by atoms with Crippen molar-refractivity contribution < 1.29 is 14.3 Å². The summed E-state index contributed by atoms with van der Waals surface area (Å²) in [6.07, 6.45) is 0. The highest BCUT2D eigenvalue weighted by atomic mass is 32.2. The van der Waals surface area contributed by atoms with Gasteiger partial charge in [0, 0.05) is 17.1 Å². The minimum absolute atomic E-state index is 0.0543. The van der Waals surface area contributed by atoms with Gasteiger partial charge in [-0.1, -0.05) is 29.5 Å². The zero-order chi connectivity index (χ0) is 19.3. The van der Waals surface area contributed by atoms with E-state index < -0.39 is 5.97 Å². The second-order valence-electron chi connectivity index (χ2n) is 6.20. The Morgan fingerprint density at radius 2 is 1.58 bits per heavy atom. The minimum atomic E-state index is -0.481. The number of ether oxygens (including phenoxy) is 1. The third-order valence-corrected chi connectivity index (χ3v) is 4.41. The number of carbonyl (C=O) groups excluding carboxylic acids is 2. The monoisotopic (exact) mass is 373 g/mol. The highest BCUT2D eigenvalue weighted by molar-refractivity contribution is 7.99. The van der Waals surface area contributed by atoms with Crippen molar-refractivity contribution in [3.05, 3.63) is 46.3 Å². The summed E-state index contributed by atoms with van der Waals surface area (Å²) < 4.78 is 5.03. The molecule has 0 saturated carbocycles. The summed E-state index contributed by atoms with van der Waals surface area (Å²) in [5.74, 6) is -0.787. The summed E-state index contributed by atoms with van der Waals surface area (Å²) in [7, 11) is 0. The Labute approximate surface area is 157 Å². The maximum Gasteiger partial charge on any atom is 0.316 e. The number of aromatic nitrogens is 2. The molecule has 0 atom stereocenters. The molecule has 0 aliphatic carbocycles. The van der Waals surface area contributed by atoms with Gasteiger partial charge in [-0.05, 0) is 51.8 Å². The fraction of sp³-hybridized carbons (Fsp3) is 0.368. The number of anilines is 1. The third-order valence-electron chi connectivity index (χ3n) is 3.59. The average Bonchev–Trinajstić information content (AvgIpc) is 2.53. The molecule has 2 rings (SSSR count). The second-order valence-corrected chi connectivity index (χ2v) is 7.15. The Morgan fingerprint density at radius 3 is 2.15 bits per heavy atom. The first-order valence-corrected chi connectivity index (χ1v) is 9.21. The van der Waals surface area contributed by atoms with Crippen LogP contribution in [0.4, 0.5) is 5.69 Å². The van der Waals surface area contributed by atoms with E-state index in [1.807, 2.05) is 52.8 Å². The summed E-state index contributed by atoms with van der Waals surface area (Å²) in [5, 5.41) is 3.33. The average molecular weight is 373 g/mol. The number of hydrogen-bond acceptors (Lipinski definition) is 6. The van der Waals surface area contributed by atoms with Crippen molar-refractivity contribution in [1.82, 2.24) is 9.97 Å². The van der Waals surface area contributed by atoms with Crippen LogP contribution in [0.2, 0.25) is 0 Å². The van der Waals surface area contributed by atoms with E-state index in [1.165, 1.54) is 11.8 Å². The second kappa shape index (κ2) is 8.80. The molecule has 0 radical (unpaired) electrons. The number of carbonyl (C=O) groups is 2. The van der Waals surface area contributed by atoms with Crippen LogP contribution in [0, 0.1) is 34.6 Å². The van der Waals surface area contributed by atoms with E-state index >= 15 is 0 Å². The molecule has 0 aliphatic heterocycles. The van der Waals surface area contributed by atoms with Gasteiger partial charge in [0.05, 0.1) is 5.75 Å². The molecule has 1 heterocycles. The Balaban J connectivity index is 1.82. The van der Waals surface area contributed by atoms with Gasteiger partial charge in [0.2, 0.25) is 0 Å². The lowest BCUT2D eigenvalue weighted by Crippen LogP contribution is -2.22. The van der Waals surface area contributed by atoms with Gasteiger partial charge in [0.15, 0.2) is 11.8 Å². The van der Waals surface area contributed by atoms with Gasteiger partial charge < -0.3 is 10.1 Å². The molecule has 138 valence electrons. The van der Waals surface area contributed by atoms with Crippen molar-refractivity contribution in [3.63, 3.8) is 0 Å². The number of aryl methyl sites for hydroxylation is 5. The summed E-state index contributed by atoms with van der Waals surface area (Å²) in [5.41, 5.74) is 5.53. The van der Waals surface area contributed by atoms with Gasteiger partial charge in [-0.25, -0.2) is 9.97 Å². The lowest BCUT2D eigenvalue weighted by atomic mass is 10.1. The lowest BCUT2D eigenvalue weighted by Gasteiger charge is -2.13. The van der Waals surface area contributed by atoms with Crippen LogP contribution >= 0.6 is 11.8 Å². The Hall–Kier alpha value is -2.41. The van der Waals surface area contributed by atoms with Crippen molar-refractivity contribution in [2.24, 2.45) is 0 Å². The van der Waals surface area contributed by atoms with E-state index in [2.05, 4.69) is 15.3 Å². The molecule has 1 aromatic heterocycles. The molecule has 1 N–H and O–H groups in total. The number of hydrogen-bond donors (Lipinski definition) is 1. The fourth-order valence-corrected chi connectivity index (χ4v) is 3.37. The number of esters is 1. The highest BCUT2D eigenvalue weighted by Crippen LogP contribution is 2.21. The Kier molecular flexibility index (Phi) is 6.74. The maximum absolute atomic E-state index is 12.1. The summed E-state index contributed by atoms with van der Waals surface area (Å²) >= 11 is 1.19. The van der Waals surface area contributed by atoms with Gasteiger partial charge in [-0.15, -0.1) is 0 Å². The molecule has 1 amide bonds. The van der Waals surface area contributed by atoms with Crippen molar-refractivity contribution in [2.45, 2.75) is 39.8 Å². The van der Waals surface area contributed by atoms with Gasteiger partial charge in [0.1, 0.15) is 0 Å². The van der Waals surface area contributed by atoms with E-state index in [-0.39, 0.29) is 18.3 Å². The zero-order valence-corrected chi connectivity index (χ0v) is 16.5. The molecule has 2 aromatic rings. The summed E-state index contributed by atoms with van der Waals surface area (Å²) in [6, 6.07) is 5.85. The van der Waals surface area contributed by atoms with Crippen molar-refractivity contribution in [1.29, 1.82) is 0 Å². The van der Waals surface area contributed by atoms with Gasteiger partial charge in [-0.3, -0.25) is 9.59 Å². The third kappa shape index (κ3) is 5.84. The molecule has 0 saturated heterocycles. The Bertz CT molecular complexity index is 794. The molecule has 0 aliphatic rings. The van der Waals surface area contributed by atoms with Gasteiger partial charge in [-0.2, -0.15) is 0 Å². The van der Waals surface area contributed by atoms with E-state index in [0.717, 1.165) is 33.8 Å². The van der Waals surface area contributed by atoms with Crippen LogP contribution in [0.5, 0.6) is 0 Å². The number of benzene rings is 1. The SMILES string of the molecule is Cc1cc(C)c(NC(=O)COC(=O)CSc2nc(C)cc(C)n2)c(C)c1. The molecule has 0 fully saturated rings. The molecule has 26 heavy (non-hydrogen) atoms. The summed E-state index contributed by atoms with van der Waals surface area (Å²) in [6.45, 7) is 9.29. The summed E-state index contributed by atoms with van der Waals surface area (Å²) in [4.78, 5) is 32.4. The van der Waals surface area contributed by atoms with Crippen LogP contribution in [0.1, 0.15) is 28.1 Å². The number of rotatable bonds is 6. The van der Waals surface area contributed by atoms with Crippen LogP contribution in [-0.2, 0) is 14.3 Å². The fourth-order valence-electron chi connectivity index (χ4n) is 2.62. The molecule has 6 nitrogen and oxygen atoms in total. The quantitative estimate of drug-likeness (QED) is 0.475. The van der Waals surface area contributed by atoms with Crippen molar-refractivity contribution in [2.75, 3.05) is 17.7 Å². The molecule has 0 spiro atoms. The first-order valence-electron chi connectivity index (χ1n) is 8.23. The number of amides is 1. The number of thioether (sulfide) groups is 1. The predicted molar refractivity (Wildman–Crippen MR) is 102 cm³/mol. The molecule has 1 aromatic carbocycles. The maximum atomic E-state index is 12.1. The topological polar surface area (TPSA) is 81.2 Å². The first kappa shape index (κ1) is 19.9.